The predicted molar refractivity (Wildman–Crippen MR) is 57.0 cm³/mol. The van der Waals surface area contributed by atoms with Gasteiger partial charge < -0.3 is 5.11 Å². The molecule has 0 saturated heterocycles. The van der Waals surface area contributed by atoms with Crippen LogP contribution >= 0.6 is 11.7 Å². The molecule has 88 valence electrons. The number of carbonyl (C=O) groups is 2. The number of amides is 2. The molecule has 0 radical (unpaired) electrons. The van der Waals surface area contributed by atoms with Crippen LogP contribution in [-0.4, -0.2) is 36.4 Å². The Morgan fingerprint density at radius 2 is 2.12 bits per heavy atom. The van der Waals surface area contributed by atoms with Gasteiger partial charge in [-0.15, -0.1) is 0 Å². The molecule has 0 aliphatic rings. The Morgan fingerprint density at radius 1 is 1.50 bits per heavy atom. The number of nitrogens with one attached hydrogen (secondary N) is 1. The van der Waals surface area contributed by atoms with Crippen molar-refractivity contribution in [1.29, 1.82) is 0 Å². The summed E-state index contributed by atoms with van der Waals surface area (Å²) in [6.45, 7) is 5.00. The monoisotopic (exact) mass is 244 g/mol. The highest BCUT2D eigenvalue weighted by Crippen LogP contribution is 2.11. The molecule has 0 atom stereocenters. The molecule has 0 fully saturated rings. The molecule has 2 N–H and O–H groups in total. The summed E-state index contributed by atoms with van der Waals surface area (Å²) in [5.74, 6) is -0.592. The highest BCUT2D eigenvalue weighted by molar-refractivity contribution is 6.99. The molecular formula is C8H12N4O3S. The molecule has 1 rings (SSSR count). The average Bonchev–Trinajstić information content (AvgIpc) is 2.63. The highest BCUT2D eigenvalue weighted by Gasteiger charge is 2.28. The van der Waals surface area contributed by atoms with Gasteiger partial charge >= 0.3 is 6.09 Å². The number of rotatable bonds is 1. The number of aromatic nitrogens is 2. The molecule has 0 bridgehead atoms. The van der Waals surface area contributed by atoms with E-state index >= 15 is 0 Å². The number of nitrogens with zero attached hydrogens (tertiary/aromatic N) is 3. The molecular weight excluding hydrogens is 232 g/mol. The van der Waals surface area contributed by atoms with Gasteiger partial charge in [-0.25, -0.2) is 9.80 Å². The Kier molecular flexibility index (Phi) is 3.43. The third-order valence-electron chi connectivity index (χ3n) is 1.67. The van der Waals surface area contributed by atoms with E-state index in [1.807, 2.05) is 0 Å². The van der Waals surface area contributed by atoms with E-state index in [2.05, 4.69) is 14.2 Å². The van der Waals surface area contributed by atoms with Crippen LogP contribution in [0.15, 0.2) is 6.20 Å². The zero-order chi connectivity index (χ0) is 12.3. The minimum absolute atomic E-state index is 0.0977. The van der Waals surface area contributed by atoms with Crippen molar-refractivity contribution in [3.8, 4) is 0 Å². The lowest BCUT2D eigenvalue weighted by Crippen LogP contribution is -2.55. The van der Waals surface area contributed by atoms with E-state index in [-0.39, 0.29) is 5.69 Å². The Morgan fingerprint density at radius 3 is 2.50 bits per heavy atom. The molecule has 16 heavy (non-hydrogen) atoms. The van der Waals surface area contributed by atoms with Gasteiger partial charge in [-0.3, -0.25) is 10.2 Å². The third kappa shape index (κ3) is 2.89. The molecule has 0 aliphatic carbocycles. The van der Waals surface area contributed by atoms with E-state index in [9.17, 15) is 9.59 Å². The predicted octanol–water partition coefficient (Wildman–Crippen LogP) is 0.961. The van der Waals surface area contributed by atoms with Crippen molar-refractivity contribution in [3.05, 3.63) is 11.9 Å². The van der Waals surface area contributed by atoms with E-state index in [1.54, 1.807) is 20.8 Å². The first-order chi connectivity index (χ1) is 7.32. The minimum Gasteiger partial charge on any atom is -0.464 e. The van der Waals surface area contributed by atoms with Crippen LogP contribution in [0.5, 0.6) is 0 Å². The molecule has 1 aromatic rings. The maximum atomic E-state index is 11.6. The van der Waals surface area contributed by atoms with Gasteiger partial charge in [-0.05, 0) is 20.8 Å². The van der Waals surface area contributed by atoms with Crippen molar-refractivity contribution in [2.75, 3.05) is 0 Å². The van der Waals surface area contributed by atoms with Crippen LogP contribution in [0.3, 0.4) is 0 Å². The number of carboxylic acid groups (broad SMARTS) is 1. The standard InChI is InChI=1S/C8H12N4O3S/c1-8(2,3)12(7(14)15)10-6(13)5-4-9-16-11-5/h4H,1-3H3,(H,10,13)(H,14,15). The van der Waals surface area contributed by atoms with Crippen molar-refractivity contribution in [3.63, 3.8) is 0 Å². The molecule has 0 aromatic carbocycles. The molecule has 8 heteroatoms. The van der Waals surface area contributed by atoms with Crippen LogP contribution in [0, 0.1) is 0 Å². The summed E-state index contributed by atoms with van der Waals surface area (Å²) >= 11 is 0.884. The topological polar surface area (TPSA) is 95.4 Å². The molecule has 0 spiro atoms. The van der Waals surface area contributed by atoms with Crippen LogP contribution in [0.2, 0.25) is 0 Å². The molecule has 2 amide bonds. The Bertz CT molecular complexity index is 384. The molecule has 1 heterocycles. The first-order valence-electron chi connectivity index (χ1n) is 4.44. The van der Waals surface area contributed by atoms with Crippen LogP contribution < -0.4 is 5.43 Å². The van der Waals surface area contributed by atoms with Crippen molar-refractivity contribution in [2.24, 2.45) is 0 Å². The van der Waals surface area contributed by atoms with Crippen molar-refractivity contribution >= 4 is 23.7 Å². The fraction of sp³-hybridized carbons (Fsp3) is 0.500. The fourth-order valence-corrected chi connectivity index (χ4v) is 1.34. The second-order valence-electron chi connectivity index (χ2n) is 4.02. The van der Waals surface area contributed by atoms with E-state index in [4.69, 9.17) is 5.11 Å². The molecule has 0 aliphatic heterocycles. The van der Waals surface area contributed by atoms with Gasteiger partial charge in [0.05, 0.1) is 23.5 Å². The van der Waals surface area contributed by atoms with Gasteiger partial charge in [-0.2, -0.15) is 8.75 Å². The second kappa shape index (κ2) is 4.44. The number of hydrogen-bond donors (Lipinski definition) is 2. The lowest BCUT2D eigenvalue weighted by atomic mass is 10.1. The molecule has 0 saturated carbocycles. The summed E-state index contributed by atoms with van der Waals surface area (Å²) in [5, 5.41) is 9.76. The highest BCUT2D eigenvalue weighted by atomic mass is 32.1. The van der Waals surface area contributed by atoms with Crippen LogP contribution in [0.4, 0.5) is 4.79 Å². The summed E-state index contributed by atoms with van der Waals surface area (Å²) in [4.78, 5) is 22.5. The van der Waals surface area contributed by atoms with Crippen molar-refractivity contribution < 1.29 is 14.7 Å². The average molecular weight is 244 g/mol. The second-order valence-corrected chi connectivity index (χ2v) is 4.58. The molecule has 7 nitrogen and oxygen atoms in total. The quantitative estimate of drug-likeness (QED) is 0.717. The van der Waals surface area contributed by atoms with E-state index < -0.39 is 17.5 Å². The zero-order valence-electron chi connectivity index (χ0n) is 9.09. The van der Waals surface area contributed by atoms with Crippen molar-refractivity contribution in [2.45, 2.75) is 26.3 Å². The summed E-state index contributed by atoms with van der Waals surface area (Å²) in [7, 11) is 0. The fourth-order valence-electron chi connectivity index (χ4n) is 0.926. The normalized spacial score (nSPS) is 10.9. The molecule has 0 unspecified atom stereocenters. The minimum atomic E-state index is -1.23. The first kappa shape index (κ1) is 12.4. The van der Waals surface area contributed by atoms with Crippen LogP contribution in [0.25, 0.3) is 0 Å². The van der Waals surface area contributed by atoms with E-state index in [1.165, 1.54) is 6.20 Å². The summed E-state index contributed by atoms with van der Waals surface area (Å²) in [6, 6.07) is 0. The smallest absolute Gasteiger partial charge is 0.426 e. The SMILES string of the molecule is CC(C)(C)N(NC(=O)c1cnsn1)C(=O)O. The van der Waals surface area contributed by atoms with Gasteiger partial charge in [0.25, 0.3) is 5.91 Å². The number of carbonyl (C=O) groups excluding carboxylic acids is 1. The summed E-state index contributed by atoms with van der Waals surface area (Å²) in [5.41, 5.74) is 1.62. The lowest BCUT2D eigenvalue weighted by Gasteiger charge is -2.32. The van der Waals surface area contributed by atoms with Crippen molar-refractivity contribution in [1.82, 2.24) is 19.2 Å². The van der Waals surface area contributed by atoms with Gasteiger partial charge in [0, 0.05) is 0 Å². The van der Waals surface area contributed by atoms with Gasteiger partial charge in [0.2, 0.25) is 0 Å². The largest absolute Gasteiger partial charge is 0.464 e. The van der Waals surface area contributed by atoms with Gasteiger partial charge in [0.1, 0.15) is 0 Å². The van der Waals surface area contributed by atoms with Crippen LogP contribution in [0.1, 0.15) is 31.3 Å². The maximum absolute atomic E-state index is 11.6. The Balaban J connectivity index is 2.78. The number of hydrogen-bond acceptors (Lipinski definition) is 5. The summed E-state index contributed by atoms with van der Waals surface area (Å²) in [6.07, 6.45) is 0.0481. The van der Waals surface area contributed by atoms with E-state index in [0.29, 0.717) is 0 Å². The lowest BCUT2D eigenvalue weighted by molar-refractivity contribution is 0.0494. The molecule has 1 aromatic heterocycles. The first-order valence-corrected chi connectivity index (χ1v) is 5.17. The zero-order valence-corrected chi connectivity index (χ0v) is 9.91. The summed E-state index contributed by atoms with van der Waals surface area (Å²) < 4.78 is 7.37. The van der Waals surface area contributed by atoms with E-state index in [0.717, 1.165) is 16.7 Å². The Labute approximate surface area is 96.4 Å². The van der Waals surface area contributed by atoms with Crippen LogP contribution in [-0.2, 0) is 0 Å². The van der Waals surface area contributed by atoms with Gasteiger partial charge in [0.15, 0.2) is 5.69 Å². The Hall–Kier alpha value is -1.70. The number of hydrazine groups is 1. The van der Waals surface area contributed by atoms with Gasteiger partial charge in [-0.1, -0.05) is 0 Å². The third-order valence-corrected chi connectivity index (χ3v) is 2.15. The maximum Gasteiger partial charge on any atom is 0.426 e.